The van der Waals surface area contributed by atoms with Crippen molar-refractivity contribution >= 4 is 0 Å². The molecule has 1 rings (SSSR count). The van der Waals surface area contributed by atoms with Gasteiger partial charge in [-0.1, -0.05) is 0 Å². The lowest BCUT2D eigenvalue weighted by Gasteiger charge is -2.41. The molecule has 0 aromatic carbocycles. The summed E-state index contributed by atoms with van der Waals surface area (Å²) in [6.45, 7) is 4.94. The fourth-order valence-corrected chi connectivity index (χ4v) is 2.69. The molecule has 0 spiro atoms. The Morgan fingerprint density at radius 3 is 2.00 bits per heavy atom. The highest BCUT2D eigenvalue weighted by Gasteiger charge is 2.33. The predicted octanol–water partition coefficient (Wildman–Crippen LogP) is 0.395. The fraction of sp³-hybridized carbons (Fsp3) is 1.00. The topological polar surface area (TPSA) is 46.9 Å². The van der Waals surface area contributed by atoms with Crippen molar-refractivity contribution in [3.05, 3.63) is 0 Å². The Labute approximate surface area is 105 Å². The fourth-order valence-electron chi connectivity index (χ4n) is 2.69. The van der Waals surface area contributed by atoms with E-state index in [1.165, 1.54) is 0 Å². The number of likely N-dealkylation sites (N-methyl/N-ethyl adjacent to an activating group) is 1. The number of piperidine rings is 1. The summed E-state index contributed by atoms with van der Waals surface area (Å²) in [7, 11) is 4.21. The number of aliphatic hydroxyl groups excluding tert-OH is 2. The van der Waals surface area contributed by atoms with Gasteiger partial charge in [0.1, 0.15) is 0 Å². The van der Waals surface area contributed by atoms with Gasteiger partial charge in [-0.15, -0.1) is 0 Å². The van der Waals surface area contributed by atoms with Crippen LogP contribution in [0.4, 0.5) is 0 Å². The van der Waals surface area contributed by atoms with E-state index < -0.39 is 0 Å². The van der Waals surface area contributed by atoms with Crippen LogP contribution >= 0.6 is 0 Å². The lowest BCUT2D eigenvalue weighted by Crippen LogP contribution is -2.43. The Balaban J connectivity index is 2.35. The molecule has 0 aliphatic carbocycles. The van der Waals surface area contributed by atoms with Crippen molar-refractivity contribution in [2.75, 3.05) is 53.5 Å². The van der Waals surface area contributed by atoms with Crippen molar-refractivity contribution < 1.29 is 10.2 Å². The third-order valence-corrected chi connectivity index (χ3v) is 4.06. The second kappa shape index (κ2) is 7.31. The highest BCUT2D eigenvalue weighted by molar-refractivity contribution is 4.85. The average molecular weight is 244 g/mol. The Hall–Kier alpha value is -0.160. The molecule has 17 heavy (non-hydrogen) atoms. The van der Waals surface area contributed by atoms with E-state index in [-0.39, 0.29) is 18.6 Å². The summed E-state index contributed by atoms with van der Waals surface area (Å²) in [6, 6.07) is 0. The molecular formula is C13H28N2O2. The van der Waals surface area contributed by atoms with Gasteiger partial charge in [0.2, 0.25) is 0 Å². The van der Waals surface area contributed by atoms with Crippen LogP contribution in [0.5, 0.6) is 0 Å². The van der Waals surface area contributed by atoms with Crippen LogP contribution in [0.2, 0.25) is 0 Å². The van der Waals surface area contributed by atoms with Gasteiger partial charge >= 0.3 is 0 Å². The van der Waals surface area contributed by atoms with Gasteiger partial charge in [-0.05, 0) is 58.3 Å². The number of rotatable bonds is 7. The second-order valence-electron chi connectivity index (χ2n) is 5.59. The summed E-state index contributed by atoms with van der Waals surface area (Å²) in [5, 5.41) is 18.3. The first kappa shape index (κ1) is 14.9. The van der Waals surface area contributed by atoms with Crippen molar-refractivity contribution in [3.8, 4) is 0 Å². The average Bonchev–Trinajstić information content (AvgIpc) is 2.29. The number of hydrogen-bond donors (Lipinski definition) is 2. The predicted molar refractivity (Wildman–Crippen MR) is 70.1 cm³/mol. The standard InChI is InChI=1S/C13H28N2O2/c1-14(2)9-10-15-7-3-13(4-8-15,5-11-16)6-12-17/h16-17H,3-12H2,1-2H3. The van der Waals surface area contributed by atoms with Crippen LogP contribution in [-0.2, 0) is 0 Å². The zero-order chi connectivity index (χ0) is 12.7. The summed E-state index contributed by atoms with van der Waals surface area (Å²) in [4.78, 5) is 4.70. The second-order valence-corrected chi connectivity index (χ2v) is 5.59. The Morgan fingerprint density at radius 1 is 1.06 bits per heavy atom. The lowest BCUT2D eigenvalue weighted by atomic mass is 9.73. The number of aliphatic hydroxyl groups is 2. The molecule has 102 valence electrons. The minimum absolute atomic E-state index is 0.193. The number of nitrogens with zero attached hydrogens (tertiary/aromatic N) is 2. The smallest absolute Gasteiger partial charge is 0.0436 e. The van der Waals surface area contributed by atoms with Gasteiger partial charge in [0.15, 0.2) is 0 Å². The highest BCUT2D eigenvalue weighted by Crippen LogP contribution is 2.37. The molecule has 0 atom stereocenters. The molecule has 1 heterocycles. The maximum absolute atomic E-state index is 9.15. The molecule has 0 aromatic rings. The molecule has 4 nitrogen and oxygen atoms in total. The summed E-state index contributed by atoms with van der Waals surface area (Å²) in [6.07, 6.45) is 3.91. The molecule has 0 bridgehead atoms. The van der Waals surface area contributed by atoms with Crippen molar-refractivity contribution in [2.45, 2.75) is 25.7 Å². The van der Waals surface area contributed by atoms with E-state index in [1.807, 2.05) is 0 Å². The van der Waals surface area contributed by atoms with Gasteiger partial charge in [-0.2, -0.15) is 0 Å². The Kier molecular flexibility index (Phi) is 6.41. The van der Waals surface area contributed by atoms with Crippen LogP contribution in [-0.4, -0.2) is 73.5 Å². The van der Waals surface area contributed by atoms with E-state index >= 15 is 0 Å². The lowest BCUT2D eigenvalue weighted by molar-refractivity contribution is 0.0504. The normalized spacial score (nSPS) is 21.0. The van der Waals surface area contributed by atoms with Crippen LogP contribution in [0.15, 0.2) is 0 Å². The molecule has 0 amide bonds. The highest BCUT2D eigenvalue weighted by atomic mass is 16.3. The van der Waals surface area contributed by atoms with E-state index in [4.69, 9.17) is 10.2 Å². The van der Waals surface area contributed by atoms with Crippen molar-refractivity contribution in [3.63, 3.8) is 0 Å². The maximum atomic E-state index is 9.15. The molecule has 1 fully saturated rings. The largest absolute Gasteiger partial charge is 0.396 e. The third kappa shape index (κ3) is 4.92. The van der Waals surface area contributed by atoms with E-state index in [1.54, 1.807) is 0 Å². The van der Waals surface area contributed by atoms with Crippen molar-refractivity contribution in [1.29, 1.82) is 0 Å². The van der Waals surface area contributed by atoms with Gasteiger partial charge in [0.25, 0.3) is 0 Å². The van der Waals surface area contributed by atoms with E-state index in [9.17, 15) is 0 Å². The van der Waals surface area contributed by atoms with E-state index in [2.05, 4.69) is 23.9 Å². The number of likely N-dealkylation sites (tertiary alicyclic amines) is 1. The monoisotopic (exact) mass is 244 g/mol. The van der Waals surface area contributed by atoms with Crippen LogP contribution in [0.1, 0.15) is 25.7 Å². The van der Waals surface area contributed by atoms with Gasteiger partial charge < -0.3 is 20.0 Å². The Morgan fingerprint density at radius 2 is 1.59 bits per heavy atom. The Bertz CT molecular complexity index is 194. The van der Waals surface area contributed by atoms with Crippen LogP contribution in [0.25, 0.3) is 0 Å². The molecule has 0 radical (unpaired) electrons. The molecule has 1 aliphatic rings. The van der Waals surface area contributed by atoms with Crippen molar-refractivity contribution in [1.82, 2.24) is 9.80 Å². The zero-order valence-corrected chi connectivity index (χ0v) is 11.4. The van der Waals surface area contributed by atoms with Crippen LogP contribution in [0.3, 0.4) is 0 Å². The summed E-state index contributed by atoms with van der Waals surface area (Å²) >= 11 is 0. The first-order chi connectivity index (χ1) is 8.12. The quantitative estimate of drug-likeness (QED) is 0.680. The molecular weight excluding hydrogens is 216 g/mol. The molecule has 1 saturated heterocycles. The molecule has 0 saturated carbocycles. The van der Waals surface area contributed by atoms with Crippen LogP contribution in [0, 0.1) is 5.41 Å². The van der Waals surface area contributed by atoms with Crippen molar-refractivity contribution in [2.24, 2.45) is 5.41 Å². The first-order valence-corrected chi connectivity index (χ1v) is 6.71. The summed E-state index contributed by atoms with van der Waals surface area (Å²) in [5.41, 5.74) is 0.193. The molecule has 1 aliphatic heterocycles. The van der Waals surface area contributed by atoms with Gasteiger partial charge in [-0.3, -0.25) is 0 Å². The summed E-state index contributed by atoms with van der Waals surface area (Å²) in [5.74, 6) is 0. The van der Waals surface area contributed by atoms with Gasteiger partial charge in [0, 0.05) is 26.3 Å². The van der Waals surface area contributed by atoms with Gasteiger partial charge in [0.05, 0.1) is 0 Å². The van der Waals surface area contributed by atoms with Gasteiger partial charge in [-0.25, -0.2) is 0 Å². The van der Waals surface area contributed by atoms with Crippen LogP contribution < -0.4 is 0 Å². The molecule has 0 aromatic heterocycles. The van der Waals surface area contributed by atoms with E-state index in [0.29, 0.717) is 0 Å². The first-order valence-electron chi connectivity index (χ1n) is 6.71. The maximum Gasteiger partial charge on any atom is 0.0436 e. The molecule has 4 heteroatoms. The molecule has 0 unspecified atom stereocenters. The van der Waals surface area contributed by atoms with E-state index in [0.717, 1.165) is 51.9 Å². The third-order valence-electron chi connectivity index (χ3n) is 4.06. The summed E-state index contributed by atoms with van der Waals surface area (Å²) < 4.78 is 0. The minimum atomic E-state index is 0.193. The zero-order valence-electron chi connectivity index (χ0n) is 11.4. The SMILES string of the molecule is CN(C)CCN1CCC(CCO)(CCO)CC1. The number of hydrogen-bond acceptors (Lipinski definition) is 4. The minimum Gasteiger partial charge on any atom is -0.396 e. The molecule has 2 N–H and O–H groups in total.